The molecule has 12 heteroatoms. The highest BCUT2D eigenvalue weighted by Gasteiger charge is 2.49. The number of carboxylic acid groups (broad SMARTS) is 1. The van der Waals surface area contributed by atoms with Crippen LogP contribution in [0.4, 0.5) is 17.6 Å². The maximum Gasteiger partial charge on any atom is 0.383 e. The van der Waals surface area contributed by atoms with Crippen molar-refractivity contribution >= 4 is 23.6 Å². The molecule has 0 aliphatic carbocycles. The van der Waals surface area contributed by atoms with Crippen LogP contribution in [0.2, 0.25) is 0 Å². The lowest BCUT2D eigenvalue weighted by Gasteiger charge is -2.37. The molecule has 0 saturated carbocycles. The van der Waals surface area contributed by atoms with Gasteiger partial charge < -0.3 is 46.4 Å². The van der Waals surface area contributed by atoms with Crippen LogP contribution in [0.15, 0.2) is 6.07 Å². The molecule has 2 aliphatic heterocycles. The molecule has 3 rings (SSSR count). The number of ether oxygens (including phenoxy) is 1. The van der Waals surface area contributed by atoms with Crippen LogP contribution in [0.1, 0.15) is 19.3 Å². The van der Waals surface area contributed by atoms with Gasteiger partial charge in [-0.05, 0) is 24.0 Å². The lowest BCUT2D eigenvalue weighted by Crippen LogP contribution is -2.66. The Morgan fingerprint density at radius 3 is 2.44 bits per heavy atom. The zero-order valence-electron chi connectivity index (χ0n) is 14.5. The van der Waals surface area contributed by atoms with Crippen LogP contribution in [-0.4, -0.2) is 75.2 Å². The van der Waals surface area contributed by atoms with Gasteiger partial charge in [0.05, 0.1) is 6.07 Å². The fraction of sp³-hybridized carbons (Fsp3) is 0.667. The molecule has 0 unspecified atom stereocenters. The van der Waals surface area contributed by atoms with Crippen molar-refractivity contribution in [3.63, 3.8) is 0 Å². The number of aromatic nitrogens is 2. The SMILES string of the molecule is Nc1cc(N2CCCCC2)nc(N)[n+]1O[C@@H]1O[C@H](C(=O)O)[C@@H](O)[C@H](O)[C@H]1O. The standard InChI is InChI=1S/C15H23N5O7/c16-7-6-8(19-4-2-1-3-5-19)18-15(17)20(7)27-14-11(23)9(21)10(22)12(26-14)13(24)25/h6,9-12,14,21-23H,1-5H2,(H4,16,17,18,24,25)/p+1/t9-,10-,11+,12-,14-/m0/s1. The van der Waals surface area contributed by atoms with E-state index in [4.69, 9.17) is 26.1 Å². The highest BCUT2D eigenvalue weighted by Crippen LogP contribution is 2.22. The monoisotopic (exact) mass is 386 g/mol. The van der Waals surface area contributed by atoms with Crippen LogP contribution in [0.5, 0.6) is 0 Å². The predicted octanol–water partition coefficient (Wildman–Crippen LogP) is -3.16. The number of anilines is 3. The Hall–Kier alpha value is -2.41. The number of hydrogen-bond donors (Lipinski definition) is 6. The molecule has 0 radical (unpaired) electrons. The average molecular weight is 386 g/mol. The number of carbonyl (C=O) groups is 1. The lowest BCUT2D eigenvalue weighted by molar-refractivity contribution is -0.889. The molecule has 2 fully saturated rings. The van der Waals surface area contributed by atoms with Gasteiger partial charge in [-0.1, -0.05) is 4.98 Å². The highest BCUT2D eigenvalue weighted by atomic mass is 16.8. The Labute approximate surface area is 154 Å². The summed E-state index contributed by atoms with van der Waals surface area (Å²) in [7, 11) is 0. The summed E-state index contributed by atoms with van der Waals surface area (Å²) in [4.78, 5) is 22.8. The second kappa shape index (κ2) is 7.68. The number of carboxylic acids is 1. The minimum Gasteiger partial charge on any atom is -0.479 e. The molecule has 1 aromatic heterocycles. The lowest BCUT2D eigenvalue weighted by atomic mass is 9.99. The first kappa shape index (κ1) is 19.4. The van der Waals surface area contributed by atoms with Gasteiger partial charge in [-0.3, -0.25) is 0 Å². The molecule has 5 atom stereocenters. The molecule has 3 heterocycles. The zero-order valence-corrected chi connectivity index (χ0v) is 14.5. The average Bonchev–Trinajstić information content (AvgIpc) is 2.64. The van der Waals surface area contributed by atoms with Crippen molar-refractivity contribution in [2.24, 2.45) is 0 Å². The minimum atomic E-state index is -1.82. The van der Waals surface area contributed by atoms with E-state index in [1.54, 1.807) is 0 Å². The molecule has 1 aromatic rings. The number of aliphatic hydroxyl groups excluding tert-OH is 3. The quantitative estimate of drug-likeness (QED) is 0.287. The molecule has 0 amide bonds. The van der Waals surface area contributed by atoms with Gasteiger partial charge in [0.1, 0.15) is 18.3 Å². The Morgan fingerprint density at radius 1 is 1.19 bits per heavy atom. The molecule has 27 heavy (non-hydrogen) atoms. The van der Waals surface area contributed by atoms with E-state index in [-0.39, 0.29) is 11.8 Å². The van der Waals surface area contributed by atoms with Crippen LogP contribution in [0.3, 0.4) is 0 Å². The Bertz CT molecular complexity index is 676. The van der Waals surface area contributed by atoms with E-state index in [1.807, 2.05) is 4.90 Å². The highest BCUT2D eigenvalue weighted by molar-refractivity contribution is 5.73. The first-order valence-electron chi connectivity index (χ1n) is 8.62. The molecular weight excluding hydrogens is 362 g/mol. The summed E-state index contributed by atoms with van der Waals surface area (Å²) in [5.41, 5.74) is 11.9. The number of aliphatic hydroxyl groups is 3. The summed E-state index contributed by atoms with van der Waals surface area (Å²) in [6.45, 7) is 1.65. The van der Waals surface area contributed by atoms with E-state index < -0.39 is 36.7 Å². The zero-order chi connectivity index (χ0) is 19.7. The summed E-state index contributed by atoms with van der Waals surface area (Å²) in [5, 5.41) is 38.7. The van der Waals surface area contributed by atoms with E-state index >= 15 is 0 Å². The van der Waals surface area contributed by atoms with Crippen molar-refractivity contribution in [3.8, 4) is 0 Å². The van der Waals surface area contributed by atoms with Crippen LogP contribution in [0, 0.1) is 0 Å². The van der Waals surface area contributed by atoms with Crippen LogP contribution in [0.25, 0.3) is 0 Å². The normalized spacial score (nSPS) is 31.5. The second-order valence-corrected chi connectivity index (χ2v) is 6.58. The topological polar surface area (TPSA) is 188 Å². The minimum absolute atomic E-state index is 0.0476. The first-order chi connectivity index (χ1) is 12.8. The summed E-state index contributed by atoms with van der Waals surface area (Å²) in [6.07, 6.45) is -5.57. The third kappa shape index (κ3) is 3.83. The van der Waals surface area contributed by atoms with E-state index in [0.29, 0.717) is 5.82 Å². The molecule has 8 N–H and O–H groups in total. The van der Waals surface area contributed by atoms with E-state index in [1.165, 1.54) is 6.07 Å². The third-order valence-corrected chi connectivity index (χ3v) is 4.65. The number of nitrogens with two attached hydrogens (primary N) is 2. The van der Waals surface area contributed by atoms with Crippen molar-refractivity contribution in [1.82, 2.24) is 4.98 Å². The van der Waals surface area contributed by atoms with E-state index in [9.17, 15) is 20.1 Å². The van der Waals surface area contributed by atoms with Gasteiger partial charge in [0, 0.05) is 13.1 Å². The molecule has 2 saturated heterocycles. The fourth-order valence-corrected chi connectivity index (χ4v) is 3.16. The van der Waals surface area contributed by atoms with Gasteiger partial charge in [0.25, 0.3) is 6.29 Å². The largest absolute Gasteiger partial charge is 0.479 e. The summed E-state index contributed by atoms with van der Waals surface area (Å²) in [5.74, 6) is -1.04. The molecular formula is C15H24N5O7+. The maximum atomic E-state index is 11.2. The van der Waals surface area contributed by atoms with Gasteiger partial charge in [0.2, 0.25) is 5.82 Å². The number of piperidine rings is 1. The van der Waals surface area contributed by atoms with Crippen LogP contribution < -0.4 is 25.9 Å². The van der Waals surface area contributed by atoms with Crippen molar-refractivity contribution < 1.29 is 39.5 Å². The molecule has 2 aliphatic rings. The first-order valence-corrected chi connectivity index (χ1v) is 8.62. The molecule has 0 aromatic carbocycles. The van der Waals surface area contributed by atoms with Gasteiger partial charge in [-0.25, -0.2) is 4.79 Å². The van der Waals surface area contributed by atoms with Gasteiger partial charge in [-0.2, -0.15) is 0 Å². The fourth-order valence-electron chi connectivity index (χ4n) is 3.16. The maximum absolute atomic E-state index is 11.2. The van der Waals surface area contributed by atoms with Gasteiger partial charge in [-0.15, -0.1) is 0 Å². The number of aliphatic carboxylic acids is 1. The van der Waals surface area contributed by atoms with Crippen molar-refractivity contribution in [2.75, 3.05) is 29.5 Å². The van der Waals surface area contributed by atoms with Crippen LogP contribution >= 0.6 is 0 Å². The number of hydrogen-bond acceptors (Lipinski definition) is 10. The molecule has 0 spiro atoms. The predicted molar refractivity (Wildman–Crippen MR) is 90.2 cm³/mol. The summed E-state index contributed by atoms with van der Waals surface area (Å²) in [6, 6.07) is 1.54. The van der Waals surface area contributed by atoms with Gasteiger partial charge >= 0.3 is 11.9 Å². The Balaban J connectivity index is 1.81. The summed E-state index contributed by atoms with van der Waals surface area (Å²) >= 11 is 0. The van der Waals surface area contributed by atoms with Crippen molar-refractivity contribution in [1.29, 1.82) is 0 Å². The van der Waals surface area contributed by atoms with Gasteiger partial charge in [0.15, 0.2) is 11.9 Å². The number of nitrogens with zero attached hydrogens (tertiary/aromatic N) is 3. The number of nitrogen functional groups attached to an aromatic ring is 2. The third-order valence-electron chi connectivity index (χ3n) is 4.65. The Kier molecular flexibility index (Phi) is 5.51. The second-order valence-electron chi connectivity index (χ2n) is 6.58. The van der Waals surface area contributed by atoms with E-state index in [2.05, 4.69) is 4.98 Å². The summed E-state index contributed by atoms with van der Waals surface area (Å²) < 4.78 is 5.93. The van der Waals surface area contributed by atoms with E-state index in [0.717, 1.165) is 37.1 Å². The Morgan fingerprint density at radius 2 is 1.85 bits per heavy atom. The van der Waals surface area contributed by atoms with Crippen molar-refractivity contribution in [3.05, 3.63) is 6.07 Å². The smallest absolute Gasteiger partial charge is 0.383 e. The van der Waals surface area contributed by atoms with Crippen molar-refractivity contribution in [2.45, 2.75) is 50.0 Å². The molecule has 12 nitrogen and oxygen atoms in total. The molecule has 150 valence electrons. The number of rotatable bonds is 4. The van der Waals surface area contributed by atoms with Crippen LogP contribution in [-0.2, 0) is 9.53 Å². The molecule has 0 bridgehead atoms.